The van der Waals surface area contributed by atoms with Gasteiger partial charge >= 0.3 is 0 Å². The summed E-state index contributed by atoms with van der Waals surface area (Å²) >= 11 is 6.35. The van der Waals surface area contributed by atoms with Gasteiger partial charge in [-0.25, -0.2) is 0 Å². The Bertz CT molecular complexity index is 578. The Hall–Kier alpha value is -1.46. The number of nitrogens with zero attached hydrogens (tertiary/aromatic N) is 1. The van der Waals surface area contributed by atoms with Gasteiger partial charge in [-0.3, -0.25) is 4.79 Å². The molecule has 1 aromatic carbocycles. The maximum absolute atomic E-state index is 12.8. The molecule has 1 aliphatic heterocycles. The predicted molar refractivity (Wildman–Crippen MR) is 96.3 cm³/mol. The topological polar surface area (TPSA) is 50.8 Å². The SMILES string of the molecule is CN[C@H]1CCCN(C(=O)c2cc(Cl)c(OCC(C)C)c(OC)c2)C1. The molecule has 1 N–H and O–H groups in total. The second-order valence-electron chi connectivity index (χ2n) is 6.57. The van der Waals surface area contributed by atoms with Crippen LogP contribution in [0, 0.1) is 5.92 Å². The molecule has 24 heavy (non-hydrogen) atoms. The van der Waals surface area contributed by atoms with E-state index in [1.165, 1.54) is 0 Å². The van der Waals surface area contributed by atoms with Crippen molar-refractivity contribution in [3.8, 4) is 11.5 Å². The van der Waals surface area contributed by atoms with E-state index in [0.29, 0.717) is 47.2 Å². The Morgan fingerprint density at radius 1 is 1.46 bits per heavy atom. The minimum atomic E-state index is -0.0226. The molecule has 0 aromatic heterocycles. The van der Waals surface area contributed by atoms with Crippen LogP contribution in [0.2, 0.25) is 5.02 Å². The molecule has 1 saturated heterocycles. The fraction of sp³-hybridized carbons (Fsp3) is 0.611. The van der Waals surface area contributed by atoms with Gasteiger partial charge in [0.15, 0.2) is 11.5 Å². The maximum Gasteiger partial charge on any atom is 0.254 e. The highest BCUT2D eigenvalue weighted by Gasteiger charge is 2.25. The lowest BCUT2D eigenvalue weighted by Gasteiger charge is -2.32. The Kier molecular flexibility index (Phi) is 6.75. The monoisotopic (exact) mass is 354 g/mol. The predicted octanol–water partition coefficient (Wildman–Crippen LogP) is 3.21. The first kappa shape index (κ1) is 18.9. The molecule has 0 radical (unpaired) electrons. The number of hydrogen-bond donors (Lipinski definition) is 1. The molecule has 134 valence electrons. The summed E-state index contributed by atoms with van der Waals surface area (Å²) in [4.78, 5) is 14.7. The number of likely N-dealkylation sites (tertiary alicyclic amines) is 1. The van der Waals surface area contributed by atoms with Crippen molar-refractivity contribution in [2.24, 2.45) is 5.92 Å². The molecule has 1 aliphatic rings. The number of carbonyl (C=O) groups is 1. The summed E-state index contributed by atoms with van der Waals surface area (Å²) in [6, 6.07) is 3.73. The summed E-state index contributed by atoms with van der Waals surface area (Å²) in [7, 11) is 3.49. The van der Waals surface area contributed by atoms with Gasteiger partial charge in [0.25, 0.3) is 5.91 Å². The standard InChI is InChI=1S/C18H27ClN2O3/c1-12(2)11-24-17-15(19)8-13(9-16(17)23-4)18(22)21-7-5-6-14(10-21)20-3/h8-9,12,14,20H,5-7,10-11H2,1-4H3/t14-/m0/s1. The minimum absolute atomic E-state index is 0.0226. The van der Waals surface area contributed by atoms with Crippen molar-refractivity contribution in [1.29, 1.82) is 0 Å². The van der Waals surface area contributed by atoms with E-state index in [0.717, 1.165) is 19.4 Å². The first-order valence-electron chi connectivity index (χ1n) is 8.43. The molecule has 2 rings (SSSR count). The van der Waals surface area contributed by atoms with E-state index >= 15 is 0 Å². The average molecular weight is 355 g/mol. The van der Waals surface area contributed by atoms with Crippen molar-refractivity contribution < 1.29 is 14.3 Å². The molecular weight excluding hydrogens is 328 g/mol. The highest BCUT2D eigenvalue weighted by atomic mass is 35.5. The third-order valence-corrected chi connectivity index (χ3v) is 4.44. The minimum Gasteiger partial charge on any atom is -0.493 e. The summed E-state index contributed by atoms with van der Waals surface area (Å²) < 4.78 is 11.1. The van der Waals surface area contributed by atoms with Gasteiger partial charge in [0.2, 0.25) is 0 Å². The number of hydrogen-bond acceptors (Lipinski definition) is 4. The van der Waals surface area contributed by atoms with Gasteiger partial charge in [0.05, 0.1) is 18.7 Å². The Labute approximate surface area is 149 Å². The van der Waals surface area contributed by atoms with Crippen molar-refractivity contribution in [3.05, 3.63) is 22.7 Å². The van der Waals surface area contributed by atoms with Gasteiger partial charge in [-0.05, 0) is 37.9 Å². The number of halogens is 1. The zero-order chi connectivity index (χ0) is 17.7. The number of amides is 1. The van der Waals surface area contributed by atoms with Gasteiger partial charge in [0, 0.05) is 24.7 Å². The van der Waals surface area contributed by atoms with Crippen LogP contribution in [0.25, 0.3) is 0 Å². The number of rotatable bonds is 6. The van der Waals surface area contributed by atoms with Gasteiger partial charge in [-0.2, -0.15) is 0 Å². The molecule has 1 heterocycles. The zero-order valence-corrected chi connectivity index (χ0v) is 15.7. The van der Waals surface area contributed by atoms with Crippen molar-refractivity contribution in [3.63, 3.8) is 0 Å². The Balaban J connectivity index is 2.21. The first-order valence-corrected chi connectivity index (χ1v) is 8.81. The molecule has 0 spiro atoms. The highest BCUT2D eigenvalue weighted by Crippen LogP contribution is 2.37. The molecule has 6 heteroatoms. The number of piperidine rings is 1. The average Bonchev–Trinajstić information content (AvgIpc) is 2.59. The van der Waals surface area contributed by atoms with E-state index in [4.69, 9.17) is 21.1 Å². The van der Waals surface area contributed by atoms with Crippen LogP contribution in [-0.2, 0) is 0 Å². The van der Waals surface area contributed by atoms with E-state index in [9.17, 15) is 4.79 Å². The molecule has 1 aromatic rings. The summed E-state index contributed by atoms with van der Waals surface area (Å²) in [5, 5.41) is 3.65. The second-order valence-corrected chi connectivity index (χ2v) is 6.98. The lowest BCUT2D eigenvalue weighted by Crippen LogP contribution is -2.46. The summed E-state index contributed by atoms with van der Waals surface area (Å²) in [6.07, 6.45) is 2.09. The maximum atomic E-state index is 12.8. The van der Waals surface area contributed by atoms with Gasteiger partial charge in [0.1, 0.15) is 0 Å². The summed E-state index contributed by atoms with van der Waals surface area (Å²) in [5.41, 5.74) is 0.533. The normalized spacial score (nSPS) is 17.9. The molecule has 1 amide bonds. The van der Waals surface area contributed by atoms with E-state index in [-0.39, 0.29) is 5.91 Å². The van der Waals surface area contributed by atoms with Gasteiger partial charge in [-0.15, -0.1) is 0 Å². The van der Waals surface area contributed by atoms with Crippen molar-refractivity contribution in [2.75, 3.05) is 33.9 Å². The molecular formula is C18H27ClN2O3. The lowest BCUT2D eigenvalue weighted by molar-refractivity contribution is 0.0697. The van der Waals surface area contributed by atoms with Gasteiger partial charge in [-0.1, -0.05) is 25.4 Å². The molecule has 0 unspecified atom stereocenters. The van der Waals surface area contributed by atoms with Crippen LogP contribution in [-0.4, -0.2) is 50.7 Å². The van der Waals surface area contributed by atoms with Crippen LogP contribution in [0.3, 0.4) is 0 Å². The number of benzene rings is 1. The molecule has 1 fully saturated rings. The smallest absolute Gasteiger partial charge is 0.254 e. The summed E-state index contributed by atoms with van der Waals surface area (Å²) in [5.74, 6) is 1.34. The van der Waals surface area contributed by atoms with Crippen LogP contribution in [0.15, 0.2) is 12.1 Å². The molecule has 0 bridgehead atoms. The Morgan fingerprint density at radius 3 is 2.83 bits per heavy atom. The fourth-order valence-electron chi connectivity index (χ4n) is 2.81. The number of carbonyl (C=O) groups excluding carboxylic acids is 1. The van der Waals surface area contributed by atoms with Crippen molar-refractivity contribution >= 4 is 17.5 Å². The largest absolute Gasteiger partial charge is 0.493 e. The number of methoxy groups -OCH3 is 1. The molecule has 0 aliphatic carbocycles. The number of likely N-dealkylation sites (N-methyl/N-ethyl adjacent to an activating group) is 1. The van der Waals surface area contributed by atoms with E-state index < -0.39 is 0 Å². The lowest BCUT2D eigenvalue weighted by atomic mass is 10.0. The third kappa shape index (κ3) is 4.54. The quantitative estimate of drug-likeness (QED) is 0.852. The van der Waals surface area contributed by atoms with Gasteiger partial charge < -0.3 is 19.7 Å². The van der Waals surface area contributed by atoms with E-state index in [1.807, 2.05) is 11.9 Å². The highest BCUT2D eigenvalue weighted by molar-refractivity contribution is 6.32. The van der Waals surface area contributed by atoms with E-state index in [1.54, 1.807) is 19.2 Å². The molecule has 5 nitrogen and oxygen atoms in total. The molecule has 0 saturated carbocycles. The second kappa shape index (κ2) is 8.58. The van der Waals surface area contributed by atoms with Crippen LogP contribution < -0.4 is 14.8 Å². The van der Waals surface area contributed by atoms with Crippen LogP contribution >= 0.6 is 11.6 Å². The van der Waals surface area contributed by atoms with E-state index in [2.05, 4.69) is 19.2 Å². The van der Waals surface area contributed by atoms with Crippen LogP contribution in [0.1, 0.15) is 37.0 Å². The first-order chi connectivity index (χ1) is 11.5. The third-order valence-electron chi connectivity index (χ3n) is 4.15. The van der Waals surface area contributed by atoms with Crippen molar-refractivity contribution in [2.45, 2.75) is 32.7 Å². The van der Waals surface area contributed by atoms with Crippen LogP contribution in [0.4, 0.5) is 0 Å². The summed E-state index contributed by atoms with van der Waals surface area (Å²) in [6.45, 7) is 6.14. The number of ether oxygens (including phenoxy) is 2. The molecule has 1 atom stereocenters. The fourth-order valence-corrected chi connectivity index (χ4v) is 3.08. The Morgan fingerprint density at radius 2 is 2.21 bits per heavy atom. The van der Waals surface area contributed by atoms with Crippen LogP contribution in [0.5, 0.6) is 11.5 Å². The number of nitrogens with one attached hydrogen (secondary N) is 1. The zero-order valence-electron chi connectivity index (χ0n) is 14.9. The van der Waals surface area contributed by atoms with Crippen molar-refractivity contribution in [1.82, 2.24) is 10.2 Å².